The molecule has 1 aromatic heterocycles. The quantitative estimate of drug-likeness (QED) is 0.599. The Labute approximate surface area is 105 Å². The number of methoxy groups -OCH3 is 1. The monoisotopic (exact) mass is 258 g/mol. The van der Waals surface area contributed by atoms with Crippen molar-refractivity contribution in [1.82, 2.24) is 4.98 Å². The van der Waals surface area contributed by atoms with Gasteiger partial charge in [-0.1, -0.05) is 0 Å². The molecule has 5 nitrogen and oxygen atoms in total. The summed E-state index contributed by atoms with van der Waals surface area (Å²) in [7, 11) is 1.67. The molecular formula is C11H18N2O3S. The first-order chi connectivity index (χ1) is 8.19. The molecule has 0 aliphatic heterocycles. The molecule has 0 aromatic carbocycles. The molecule has 0 aliphatic rings. The Balaban J connectivity index is 2.52. The molecule has 0 aliphatic carbocycles. The summed E-state index contributed by atoms with van der Waals surface area (Å²) in [5, 5.41) is 3.91. The zero-order chi connectivity index (χ0) is 12.7. The largest absolute Gasteiger partial charge is 0.461 e. The maximum atomic E-state index is 11.5. The van der Waals surface area contributed by atoms with Crippen molar-refractivity contribution >= 4 is 22.4 Å². The minimum absolute atomic E-state index is 0.355. The van der Waals surface area contributed by atoms with Crippen LogP contribution in [0.3, 0.4) is 0 Å². The Morgan fingerprint density at radius 3 is 2.94 bits per heavy atom. The highest BCUT2D eigenvalue weighted by Crippen LogP contribution is 2.22. The number of rotatable bonds is 7. The first-order valence-corrected chi connectivity index (χ1v) is 6.38. The van der Waals surface area contributed by atoms with E-state index in [-0.39, 0.29) is 5.97 Å². The number of nitrogens with zero attached hydrogens (tertiary/aromatic N) is 1. The van der Waals surface area contributed by atoms with Crippen molar-refractivity contribution in [3.05, 3.63) is 10.6 Å². The molecule has 0 bridgehead atoms. The van der Waals surface area contributed by atoms with Crippen molar-refractivity contribution in [1.29, 1.82) is 0 Å². The van der Waals surface area contributed by atoms with Crippen LogP contribution in [0.4, 0.5) is 5.13 Å². The zero-order valence-corrected chi connectivity index (χ0v) is 11.2. The standard InChI is InChI=1S/C11H18N2O3S/c1-4-16-10(14)9-8(2)17-11(13-9)12-6-5-7-15-3/h4-7H2,1-3H3,(H,12,13). The number of carbonyl (C=O) groups excluding carboxylic acids is 1. The van der Waals surface area contributed by atoms with Gasteiger partial charge in [0.15, 0.2) is 10.8 Å². The van der Waals surface area contributed by atoms with Gasteiger partial charge in [0.25, 0.3) is 0 Å². The van der Waals surface area contributed by atoms with Gasteiger partial charge in [0.05, 0.1) is 6.61 Å². The maximum Gasteiger partial charge on any atom is 0.358 e. The average Bonchev–Trinajstić information content (AvgIpc) is 2.66. The van der Waals surface area contributed by atoms with E-state index in [1.165, 1.54) is 11.3 Å². The van der Waals surface area contributed by atoms with E-state index in [0.717, 1.165) is 23.0 Å². The van der Waals surface area contributed by atoms with Gasteiger partial charge in [-0.05, 0) is 20.3 Å². The Kier molecular flexibility index (Phi) is 5.93. The molecule has 0 atom stereocenters. The summed E-state index contributed by atoms with van der Waals surface area (Å²) in [4.78, 5) is 16.6. The maximum absolute atomic E-state index is 11.5. The summed E-state index contributed by atoms with van der Waals surface area (Å²) in [6.45, 7) is 5.51. The van der Waals surface area contributed by atoms with Crippen molar-refractivity contribution in [3.8, 4) is 0 Å². The van der Waals surface area contributed by atoms with E-state index in [4.69, 9.17) is 9.47 Å². The molecule has 1 rings (SSSR count). The van der Waals surface area contributed by atoms with Crippen LogP contribution in [0.1, 0.15) is 28.7 Å². The van der Waals surface area contributed by atoms with Crippen LogP contribution in [0.25, 0.3) is 0 Å². The van der Waals surface area contributed by atoms with E-state index >= 15 is 0 Å². The van der Waals surface area contributed by atoms with Gasteiger partial charge >= 0.3 is 5.97 Å². The van der Waals surface area contributed by atoms with Crippen molar-refractivity contribution in [2.75, 3.05) is 32.2 Å². The Bertz CT molecular complexity index is 366. The van der Waals surface area contributed by atoms with Crippen molar-refractivity contribution in [2.24, 2.45) is 0 Å². The minimum atomic E-state index is -0.355. The molecule has 0 radical (unpaired) electrons. The summed E-state index contributed by atoms with van der Waals surface area (Å²) >= 11 is 1.46. The highest BCUT2D eigenvalue weighted by atomic mass is 32.1. The van der Waals surface area contributed by atoms with Gasteiger partial charge in [0, 0.05) is 25.1 Å². The normalized spacial score (nSPS) is 10.3. The SMILES string of the molecule is CCOC(=O)c1nc(NCCCOC)sc1C. The van der Waals surface area contributed by atoms with Crippen molar-refractivity contribution in [3.63, 3.8) is 0 Å². The second-order valence-corrected chi connectivity index (χ2v) is 4.62. The molecule has 17 heavy (non-hydrogen) atoms. The van der Waals surface area contributed by atoms with Crippen LogP contribution in [0.15, 0.2) is 0 Å². The van der Waals surface area contributed by atoms with Crippen LogP contribution in [0, 0.1) is 6.92 Å². The zero-order valence-electron chi connectivity index (χ0n) is 10.4. The molecule has 96 valence electrons. The first kappa shape index (κ1) is 13.9. The lowest BCUT2D eigenvalue weighted by Crippen LogP contribution is -2.08. The lowest BCUT2D eigenvalue weighted by molar-refractivity contribution is 0.0519. The molecule has 0 saturated heterocycles. The Morgan fingerprint density at radius 2 is 2.29 bits per heavy atom. The predicted octanol–water partition coefficient (Wildman–Crippen LogP) is 2.08. The van der Waals surface area contributed by atoms with Gasteiger partial charge in [-0.15, -0.1) is 11.3 Å². The first-order valence-electron chi connectivity index (χ1n) is 5.56. The van der Waals surface area contributed by atoms with E-state index in [1.54, 1.807) is 14.0 Å². The summed E-state index contributed by atoms with van der Waals surface area (Å²) in [5.74, 6) is -0.355. The van der Waals surface area contributed by atoms with Gasteiger partial charge < -0.3 is 14.8 Å². The summed E-state index contributed by atoms with van der Waals surface area (Å²) < 4.78 is 9.87. The number of anilines is 1. The molecule has 1 heterocycles. The van der Waals surface area contributed by atoms with Crippen LogP contribution < -0.4 is 5.32 Å². The van der Waals surface area contributed by atoms with Crippen molar-refractivity contribution < 1.29 is 14.3 Å². The van der Waals surface area contributed by atoms with Gasteiger partial charge in [-0.2, -0.15) is 0 Å². The third-order valence-electron chi connectivity index (χ3n) is 2.07. The van der Waals surface area contributed by atoms with Crippen molar-refractivity contribution in [2.45, 2.75) is 20.3 Å². The molecule has 1 N–H and O–H groups in total. The van der Waals surface area contributed by atoms with Gasteiger partial charge in [-0.25, -0.2) is 9.78 Å². The van der Waals surface area contributed by atoms with Gasteiger partial charge in [0.2, 0.25) is 0 Å². The number of aryl methyl sites for hydroxylation is 1. The van der Waals surface area contributed by atoms with Crippen LogP contribution in [0.2, 0.25) is 0 Å². The molecule has 0 spiro atoms. The Morgan fingerprint density at radius 1 is 1.53 bits per heavy atom. The third kappa shape index (κ3) is 4.32. The van der Waals surface area contributed by atoms with Crippen LogP contribution in [0.5, 0.6) is 0 Å². The van der Waals surface area contributed by atoms with E-state index in [0.29, 0.717) is 18.9 Å². The smallest absolute Gasteiger partial charge is 0.358 e. The highest BCUT2D eigenvalue weighted by molar-refractivity contribution is 7.15. The molecule has 0 saturated carbocycles. The molecule has 0 unspecified atom stereocenters. The fraction of sp³-hybridized carbons (Fsp3) is 0.636. The minimum Gasteiger partial charge on any atom is -0.461 e. The summed E-state index contributed by atoms with van der Waals surface area (Å²) in [5.41, 5.74) is 0.408. The summed E-state index contributed by atoms with van der Waals surface area (Å²) in [6.07, 6.45) is 0.907. The lowest BCUT2D eigenvalue weighted by atomic mass is 10.4. The number of nitrogens with one attached hydrogen (secondary N) is 1. The van der Waals surface area contributed by atoms with Crippen LogP contribution in [-0.2, 0) is 9.47 Å². The number of hydrogen-bond acceptors (Lipinski definition) is 6. The van der Waals surface area contributed by atoms with E-state index < -0.39 is 0 Å². The topological polar surface area (TPSA) is 60.5 Å². The number of ether oxygens (including phenoxy) is 2. The number of hydrogen-bond donors (Lipinski definition) is 1. The molecular weight excluding hydrogens is 240 g/mol. The van der Waals surface area contributed by atoms with E-state index in [2.05, 4.69) is 10.3 Å². The molecule has 6 heteroatoms. The molecule has 1 aromatic rings. The molecule has 0 amide bonds. The molecule has 0 fully saturated rings. The fourth-order valence-electron chi connectivity index (χ4n) is 1.27. The second kappa shape index (κ2) is 7.24. The lowest BCUT2D eigenvalue weighted by Gasteiger charge is -2.01. The predicted molar refractivity (Wildman–Crippen MR) is 67.8 cm³/mol. The second-order valence-electron chi connectivity index (χ2n) is 3.42. The average molecular weight is 258 g/mol. The fourth-order valence-corrected chi connectivity index (χ4v) is 2.10. The number of aromatic nitrogens is 1. The van der Waals surface area contributed by atoms with Gasteiger partial charge in [-0.3, -0.25) is 0 Å². The number of thiazole rings is 1. The van der Waals surface area contributed by atoms with Crippen LogP contribution in [-0.4, -0.2) is 37.8 Å². The van der Waals surface area contributed by atoms with Crippen LogP contribution >= 0.6 is 11.3 Å². The third-order valence-corrected chi connectivity index (χ3v) is 3.00. The summed E-state index contributed by atoms with van der Waals surface area (Å²) in [6, 6.07) is 0. The van der Waals surface area contributed by atoms with Gasteiger partial charge in [0.1, 0.15) is 0 Å². The number of esters is 1. The number of carbonyl (C=O) groups is 1. The Hall–Kier alpha value is -1.14. The van der Waals surface area contributed by atoms with E-state index in [9.17, 15) is 4.79 Å². The highest BCUT2D eigenvalue weighted by Gasteiger charge is 2.15. The van der Waals surface area contributed by atoms with E-state index in [1.807, 2.05) is 6.92 Å².